The Kier molecular flexibility index (Phi) is 7.73. The summed E-state index contributed by atoms with van der Waals surface area (Å²) in [6.07, 6.45) is 2.18. The molecule has 104 valence electrons. The Hall–Kier alpha value is -0.840. The topological polar surface area (TPSA) is 43.6 Å². The Bertz CT molecular complexity index is 312. The molecule has 4 nitrogen and oxygen atoms in total. The van der Waals surface area contributed by atoms with Crippen LogP contribution < -0.4 is 5.32 Å². The van der Waals surface area contributed by atoms with Crippen LogP contribution in [0, 0.1) is 6.92 Å². The third kappa shape index (κ3) is 6.19. The molecule has 0 aliphatic rings. The summed E-state index contributed by atoms with van der Waals surface area (Å²) in [5.74, 6) is 1.97. The molecule has 0 bridgehead atoms. The van der Waals surface area contributed by atoms with Crippen molar-refractivity contribution in [2.45, 2.75) is 32.7 Å². The monoisotopic (exact) mass is 255 g/mol. The van der Waals surface area contributed by atoms with Gasteiger partial charge in [-0.05, 0) is 45.4 Å². The average molecular weight is 255 g/mol. The van der Waals surface area contributed by atoms with Crippen molar-refractivity contribution in [3.8, 4) is 0 Å². The molecular formula is C14H25NO3. The molecule has 1 N–H and O–H groups in total. The van der Waals surface area contributed by atoms with Gasteiger partial charge in [0.1, 0.15) is 11.5 Å². The number of rotatable bonds is 10. The minimum atomic E-state index is 0.271. The zero-order valence-corrected chi connectivity index (χ0v) is 11.7. The van der Waals surface area contributed by atoms with Crippen LogP contribution in [0.1, 0.15) is 37.3 Å². The van der Waals surface area contributed by atoms with Crippen LogP contribution in [0.3, 0.4) is 0 Å². The van der Waals surface area contributed by atoms with Gasteiger partial charge in [0.05, 0.1) is 19.3 Å². The zero-order valence-electron chi connectivity index (χ0n) is 11.7. The maximum atomic E-state index is 5.57. The first-order chi connectivity index (χ1) is 8.74. The molecule has 1 heterocycles. The van der Waals surface area contributed by atoms with Crippen LogP contribution in [0.4, 0.5) is 0 Å². The van der Waals surface area contributed by atoms with Gasteiger partial charge in [0, 0.05) is 13.7 Å². The highest BCUT2D eigenvalue weighted by Gasteiger charge is 2.07. The molecule has 0 radical (unpaired) electrons. The van der Waals surface area contributed by atoms with Gasteiger partial charge in [-0.3, -0.25) is 0 Å². The maximum absolute atomic E-state index is 5.57. The molecule has 1 aromatic heterocycles. The fourth-order valence-electron chi connectivity index (χ4n) is 1.68. The maximum Gasteiger partial charge on any atom is 0.120 e. The first-order valence-corrected chi connectivity index (χ1v) is 6.60. The fourth-order valence-corrected chi connectivity index (χ4v) is 1.68. The van der Waals surface area contributed by atoms with Gasteiger partial charge in [-0.1, -0.05) is 0 Å². The smallest absolute Gasteiger partial charge is 0.120 e. The SMILES string of the molecule is COCCOCCCCNC(C)c1ccc(C)o1. The second-order valence-corrected chi connectivity index (χ2v) is 4.44. The van der Waals surface area contributed by atoms with Crippen molar-refractivity contribution in [1.29, 1.82) is 0 Å². The summed E-state index contributed by atoms with van der Waals surface area (Å²) in [6, 6.07) is 4.30. The number of methoxy groups -OCH3 is 1. The van der Waals surface area contributed by atoms with Crippen LogP contribution in [0.25, 0.3) is 0 Å². The molecule has 0 saturated carbocycles. The number of aryl methyl sites for hydroxylation is 1. The van der Waals surface area contributed by atoms with Gasteiger partial charge in [-0.25, -0.2) is 0 Å². The number of furan rings is 1. The second kappa shape index (κ2) is 9.14. The molecule has 0 spiro atoms. The number of hydrogen-bond acceptors (Lipinski definition) is 4. The van der Waals surface area contributed by atoms with Crippen molar-refractivity contribution in [2.24, 2.45) is 0 Å². The number of unbranched alkanes of at least 4 members (excludes halogenated alkanes) is 1. The van der Waals surface area contributed by atoms with E-state index >= 15 is 0 Å². The van der Waals surface area contributed by atoms with E-state index in [1.165, 1.54) is 0 Å². The highest BCUT2D eigenvalue weighted by atomic mass is 16.5. The van der Waals surface area contributed by atoms with E-state index in [9.17, 15) is 0 Å². The summed E-state index contributed by atoms with van der Waals surface area (Å²) in [5.41, 5.74) is 0. The molecule has 1 unspecified atom stereocenters. The van der Waals surface area contributed by atoms with Crippen LogP contribution >= 0.6 is 0 Å². The predicted octanol–water partition coefficient (Wildman–Crippen LogP) is 2.68. The minimum absolute atomic E-state index is 0.271. The van der Waals surface area contributed by atoms with E-state index in [0.29, 0.717) is 13.2 Å². The third-order valence-corrected chi connectivity index (χ3v) is 2.79. The van der Waals surface area contributed by atoms with Gasteiger partial charge in [-0.15, -0.1) is 0 Å². The molecule has 0 aromatic carbocycles. The first-order valence-electron chi connectivity index (χ1n) is 6.60. The van der Waals surface area contributed by atoms with Crippen molar-refractivity contribution in [1.82, 2.24) is 5.32 Å². The summed E-state index contributed by atoms with van der Waals surface area (Å²) in [7, 11) is 1.69. The molecule has 1 atom stereocenters. The largest absolute Gasteiger partial charge is 0.465 e. The lowest BCUT2D eigenvalue weighted by molar-refractivity contribution is 0.0687. The van der Waals surface area contributed by atoms with Crippen molar-refractivity contribution in [3.05, 3.63) is 23.7 Å². The van der Waals surface area contributed by atoms with Crippen LogP contribution in [0.2, 0.25) is 0 Å². The van der Waals surface area contributed by atoms with Gasteiger partial charge in [0.15, 0.2) is 0 Å². The Morgan fingerprint density at radius 2 is 2.06 bits per heavy atom. The summed E-state index contributed by atoms with van der Waals surface area (Å²) in [6.45, 7) is 7.23. The van der Waals surface area contributed by atoms with Crippen molar-refractivity contribution < 1.29 is 13.9 Å². The molecule has 0 aliphatic heterocycles. The quantitative estimate of drug-likeness (QED) is 0.653. The average Bonchev–Trinajstić information content (AvgIpc) is 2.79. The Balaban J connectivity index is 1.97. The van der Waals surface area contributed by atoms with E-state index in [1.54, 1.807) is 7.11 Å². The summed E-state index contributed by atoms with van der Waals surface area (Å²) in [4.78, 5) is 0. The second-order valence-electron chi connectivity index (χ2n) is 4.44. The molecule has 0 amide bonds. The van der Waals surface area contributed by atoms with E-state index in [4.69, 9.17) is 13.9 Å². The Morgan fingerprint density at radius 1 is 1.22 bits per heavy atom. The highest BCUT2D eigenvalue weighted by molar-refractivity contribution is 5.08. The molecule has 4 heteroatoms. The Labute approximate surface area is 110 Å². The lowest BCUT2D eigenvalue weighted by Crippen LogP contribution is -2.19. The van der Waals surface area contributed by atoms with Crippen molar-refractivity contribution in [3.63, 3.8) is 0 Å². The van der Waals surface area contributed by atoms with Gasteiger partial charge in [0.25, 0.3) is 0 Å². The van der Waals surface area contributed by atoms with Gasteiger partial charge in [0.2, 0.25) is 0 Å². The number of nitrogens with one attached hydrogen (secondary N) is 1. The van der Waals surface area contributed by atoms with E-state index in [1.807, 2.05) is 19.1 Å². The zero-order chi connectivity index (χ0) is 13.2. The van der Waals surface area contributed by atoms with Crippen LogP contribution in [-0.4, -0.2) is 33.5 Å². The Morgan fingerprint density at radius 3 is 2.72 bits per heavy atom. The lowest BCUT2D eigenvalue weighted by atomic mass is 10.2. The summed E-state index contributed by atoms with van der Waals surface area (Å²) in [5, 5.41) is 3.44. The number of ether oxygens (including phenoxy) is 2. The molecular weight excluding hydrogens is 230 g/mol. The summed E-state index contributed by atoms with van der Waals surface area (Å²) < 4.78 is 15.9. The van der Waals surface area contributed by atoms with Crippen molar-refractivity contribution in [2.75, 3.05) is 33.5 Å². The lowest BCUT2D eigenvalue weighted by Gasteiger charge is -2.11. The molecule has 1 aromatic rings. The van der Waals surface area contributed by atoms with Gasteiger partial charge in [-0.2, -0.15) is 0 Å². The van der Waals surface area contributed by atoms with E-state index < -0.39 is 0 Å². The molecule has 0 fully saturated rings. The predicted molar refractivity (Wildman–Crippen MR) is 71.8 cm³/mol. The van der Waals surface area contributed by atoms with Gasteiger partial charge >= 0.3 is 0 Å². The van der Waals surface area contributed by atoms with E-state index in [0.717, 1.165) is 37.5 Å². The fraction of sp³-hybridized carbons (Fsp3) is 0.714. The van der Waals surface area contributed by atoms with Crippen LogP contribution in [-0.2, 0) is 9.47 Å². The normalized spacial score (nSPS) is 12.8. The highest BCUT2D eigenvalue weighted by Crippen LogP contribution is 2.15. The van der Waals surface area contributed by atoms with Gasteiger partial charge < -0.3 is 19.2 Å². The minimum Gasteiger partial charge on any atom is -0.465 e. The number of hydrogen-bond donors (Lipinski definition) is 1. The summed E-state index contributed by atoms with van der Waals surface area (Å²) >= 11 is 0. The first kappa shape index (κ1) is 15.2. The standard InChI is InChI=1S/C14H25NO3/c1-12-6-7-14(18-12)13(2)15-8-4-5-9-17-11-10-16-3/h6-7,13,15H,4-5,8-11H2,1-3H3. The molecule has 18 heavy (non-hydrogen) atoms. The van der Waals surface area contributed by atoms with E-state index in [2.05, 4.69) is 12.2 Å². The van der Waals surface area contributed by atoms with Crippen LogP contribution in [0.15, 0.2) is 16.5 Å². The van der Waals surface area contributed by atoms with E-state index in [-0.39, 0.29) is 6.04 Å². The third-order valence-electron chi connectivity index (χ3n) is 2.79. The molecule has 0 saturated heterocycles. The molecule has 0 aliphatic carbocycles. The van der Waals surface area contributed by atoms with Crippen LogP contribution in [0.5, 0.6) is 0 Å². The van der Waals surface area contributed by atoms with Crippen molar-refractivity contribution >= 4 is 0 Å². The molecule has 1 rings (SSSR count).